The van der Waals surface area contributed by atoms with Crippen molar-refractivity contribution in [2.75, 3.05) is 25.2 Å². The van der Waals surface area contributed by atoms with Gasteiger partial charge in [-0.15, -0.1) is 0 Å². The Labute approximate surface area is 96.2 Å². The van der Waals surface area contributed by atoms with E-state index in [1.165, 1.54) is 0 Å². The Hall–Kier alpha value is -1.53. The van der Waals surface area contributed by atoms with E-state index in [4.69, 9.17) is 10.00 Å². The molecule has 2 rings (SSSR count). The highest BCUT2D eigenvalue weighted by molar-refractivity contribution is 5.59. The molecule has 1 aromatic rings. The van der Waals surface area contributed by atoms with E-state index in [1.54, 1.807) is 0 Å². The molecule has 0 amide bonds. The monoisotopic (exact) mass is 216 g/mol. The zero-order valence-electron chi connectivity index (χ0n) is 9.52. The molecule has 1 aromatic carbocycles. The molecule has 3 heteroatoms. The quantitative estimate of drug-likeness (QED) is 0.760. The van der Waals surface area contributed by atoms with Crippen LogP contribution < -0.4 is 4.90 Å². The van der Waals surface area contributed by atoms with Crippen LogP contribution in [0.3, 0.4) is 0 Å². The molecule has 0 bridgehead atoms. The average Bonchev–Trinajstić information content (AvgIpc) is 2.39. The molecule has 0 aliphatic carbocycles. The van der Waals surface area contributed by atoms with Gasteiger partial charge < -0.3 is 9.64 Å². The highest BCUT2D eigenvalue weighted by Gasteiger charge is 2.20. The van der Waals surface area contributed by atoms with E-state index in [0.717, 1.165) is 37.3 Å². The van der Waals surface area contributed by atoms with Crippen molar-refractivity contribution in [1.82, 2.24) is 0 Å². The largest absolute Gasteiger partial charge is 0.379 e. The Morgan fingerprint density at radius 2 is 2.25 bits per heavy atom. The Morgan fingerprint density at radius 1 is 1.44 bits per heavy atom. The van der Waals surface area contributed by atoms with Crippen molar-refractivity contribution in [1.29, 1.82) is 5.26 Å². The van der Waals surface area contributed by atoms with Crippen LogP contribution in [0.1, 0.15) is 18.4 Å². The number of rotatable bonds is 2. The summed E-state index contributed by atoms with van der Waals surface area (Å²) in [4.78, 5) is 2.16. The third-order valence-corrected chi connectivity index (χ3v) is 3.09. The summed E-state index contributed by atoms with van der Waals surface area (Å²) < 4.78 is 5.47. The van der Waals surface area contributed by atoms with E-state index in [-0.39, 0.29) is 0 Å². The van der Waals surface area contributed by atoms with Gasteiger partial charge in [0.25, 0.3) is 0 Å². The number of anilines is 1. The van der Waals surface area contributed by atoms with Crippen molar-refractivity contribution in [2.24, 2.45) is 0 Å². The lowest BCUT2D eigenvalue weighted by molar-refractivity contribution is 0.0807. The van der Waals surface area contributed by atoms with Crippen LogP contribution >= 0.6 is 0 Å². The van der Waals surface area contributed by atoms with Gasteiger partial charge in [-0.2, -0.15) is 5.26 Å². The summed E-state index contributed by atoms with van der Waals surface area (Å²) in [5.74, 6) is 0. The third-order valence-electron chi connectivity index (χ3n) is 3.09. The lowest BCUT2D eigenvalue weighted by Gasteiger charge is -2.33. The van der Waals surface area contributed by atoms with E-state index in [2.05, 4.69) is 11.0 Å². The van der Waals surface area contributed by atoms with Crippen molar-refractivity contribution in [2.45, 2.75) is 18.9 Å². The van der Waals surface area contributed by atoms with Gasteiger partial charge in [-0.3, -0.25) is 0 Å². The Bertz CT molecular complexity index is 391. The fourth-order valence-corrected chi connectivity index (χ4v) is 2.10. The highest BCUT2D eigenvalue weighted by Crippen LogP contribution is 2.23. The van der Waals surface area contributed by atoms with Gasteiger partial charge in [-0.25, -0.2) is 0 Å². The average molecular weight is 216 g/mol. The topological polar surface area (TPSA) is 36.3 Å². The molecule has 0 radical (unpaired) electrons. The first kappa shape index (κ1) is 11.0. The van der Waals surface area contributed by atoms with Crippen LogP contribution in [-0.4, -0.2) is 26.3 Å². The maximum absolute atomic E-state index is 9.06. The maximum atomic E-state index is 9.06. The number of benzene rings is 1. The van der Waals surface area contributed by atoms with Gasteiger partial charge in [0, 0.05) is 13.7 Å². The van der Waals surface area contributed by atoms with Crippen molar-refractivity contribution in [3.05, 3.63) is 29.8 Å². The Morgan fingerprint density at radius 3 is 2.94 bits per heavy atom. The molecular formula is C13H16N2O. The molecule has 1 aliphatic heterocycles. The summed E-state index contributed by atoms with van der Waals surface area (Å²) in [7, 11) is 2.04. The maximum Gasteiger partial charge on any atom is 0.101 e. The molecule has 3 nitrogen and oxygen atoms in total. The zero-order valence-corrected chi connectivity index (χ0v) is 9.52. The first-order valence-corrected chi connectivity index (χ1v) is 5.62. The standard InChI is InChI=1S/C13H16N2O/c1-15(12-6-4-8-16-10-12)13-7-3-2-5-11(13)9-14/h2-3,5,7,12H,4,6,8,10H2,1H3. The van der Waals surface area contributed by atoms with E-state index in [9.17, 15) is 0 Å². The number of likely N-dealkylation sites (N-methyl/N-ethyl adjacent to an activating group) is 1. The highest BCUT2D eigenvalue weighted by atomic mass is 16.5. The SMILES string of the molecule is CN(c1ccccc1C#N)C1CCCOC1. The van der Waals surface area contributed by atoms with Crippen molar-refractivity contribution in [3.63, 3.8) is 0 Å². The fraction of sp³-hybridized carbons (Fsp3) is 0.462. The minimum Gasteiger partial charge on any atom is -0.379 e. The van der Waals surface area contributed by atoms with E-state index in [1.807, 2.05) is 31.3 Å². The fourth-order valence-electron chi connectivity index (χ4n) is 2.10. The van der Waals surface area contributed by atoms with Crippen LogP contribution in [0, 0.1) is 11.3 Å². The summed E-state index contributed by atoms with van der Waals surface area (Å²) >= 11 is 0. The lowest BCUT2D eigenvalue weighted by atomic mass is 10.1. The normalized spacial score (nSPS) is 20.1. The molecule has 1 fully saturated rings. The van der Waals surface area contributed by atoms with Crippen molar-refractivity contribution < 1.29 is 4.74 Å². The predicted octanol–water partition coefficient (Wildman–Crippen LogP) is 2.17. The van der Waals surface area contributed by atoms with Gasteiger partial charge in [0.1, 0.15) is 6.07 Å². The van der Waals surface area contributed by atoms with E-state index >= 15 is 0 Å². The minimum atomic E-state index is 0.392. The first-order chi connectivity index (χ1) is 7.83. The summed E-state index contributed by atoms with van der Waals surface area (Å²) in [6.45, 7) is 1.63. The summed E-state index contributed by atoms with van der Waals surface area (Å²) in [5.41, 5.74) is 1.73. The predicted molar refractivity (Wildman–Crippen MR) is 63.4 cm³/mol. The van der Waals surface area contributed by atoms with Crippen LogP contribution in [-0.2, 0) is 4.74 Å². The molecule has 0 aromatic heterocycles. The molecular weight excluding hydrogens is 200 g/mol. The summed E-state index contributed by atoms with van der Waals surface area (Å²) in [6.07, 6.45) is 2.24. The van der Waals surface area contributed by atoms with Gasteiger partial charge in [-0.05, 0) is 25.0 Å². The molecule has 84 valence electrons. The number of para-hydroxylation sites is 1. The minimum absolute atomic E-state index is 0.392. The van der Waals surface area contributed by atoms with Crippen molar-refractivity contribution in [3.8, 4) is 6.07 Å². The molecule has 0 saturated carbocycles. The first-order valence-electron chi connectivity index (χ1n) is 5.62. The van der Waals surface area contributed by atoms with Crippen LogP contribution in [0.15, 0.2) is 24.3 Å². The lowest BCUT2D eigenvalue weighted by Crippen LogP contribution is -2.38. The van der Waals surface area contributed by atoms with E-state index in [0.29, 0.717) is 6.04 Å². The Balaban J connectivity index is 2.19. The van der Waals surface area contributed by atoms with Crippen LogP contribution in [0.2, 0.25) is 0 Å². The molecule has 16 heavy (non-hydrogen) atoms. The van der Waals surface area contributed by atoms with Crippen LogP contribution in [0.25, 0.3) is 0 Å². The molecule has 1 heterocycles. The van der Waals surface area contributed by atoms with Gasteiger partial charge in [-0.1, -0.05) is 12.1 Å². The van der Waals surface area contributed by atoms with Crippen LogP contribution in [0.5, 0.6) is 0 Å². The van der Waals surface area contributed by atoms with Gasteiger partial charge in [0.05, 0.1) is 23.9 Å². The second-order valence-electron chi connectivity index (χ2n) is 4.11. The Kier molecular flexibility index (Phi) is 3.43. The molecule has 1 saturated heterocycles. The van der Waals surface area contributed by atoms with Crippen LogP contribution in [0.4, 0.5) is 5.69 Å². The number of hydrogen-bond acceptors (Lipinski definition) is 3. The molecule has 1 unspecified atom stereocenters. The third kappa shape index (κ3) is 2.17. The zero-order chi connectivity index (χ0) is 11.4. The molecule has 1 atom stereocenters. The molecule has 0 N–H and O–H groups in total. The number of ether oxygens (including phenoxy) is 1. The molecule has 1 aliphatic rings. The second-order valence-corrected chi connectivity index (χ2v) is 4.11. The number of nitriles is 1. The second kappa shape index (κ2) is 5.00. The van der Waals surface area contributed by atoms with Crippen molar-refractivity contribution >= 4 is 5.69 Å². The number of hydrogen-bond donors (Lipinski definition) is 0. The van der Waals surface area contributed by atoms with Gasteiger partial charge in [0.15, 0.2) is 0 Å². The van der Waals surface area contributed by atoms with Gasteiger partial charge in [0.2, 0.25) is 0 Å². The summed E-state index contributed by atoms with van der Waals surface area (Å²) in [6, 6.07) is 10.3. The summed E-state index contributed by atoms with van der Waals surface area (Å²) in [5, 5.41) is 9.06. The smallest absolute Gasteiger partial charge is 0.101 e. The number of nitrogens with zero attached hydrogens (tertiary/aromatic N) is 2. The van der Waals surface area contributed by atoms with E-state index < -0.39 is 0 Å². The van der Waals surface area contributed by atoms with Gasteiger partial charge >= 0.3 is 0 Å². The molecule has 0 spiro atoms.